The second kappa shape index (κ2) is 6.38. The summed E-state index contributed by atoms with van der Waals surface area (Å²) < 4.78 is 27.3. The maximum atomic E-state index is 12.0. The van der Waals surface area contributed by atoms with Crippen LogP contribution >= 0.6 is 0 Å². The maximum absolute atomic E-state index is 12.0. The van der Waals surface area contributed by atoms with Gasteiger partial charge in [0.2, 0.25) is 0 Å². The molecule has 6 nitrogen and oxygen atoms in total. The van der Waals surface area contributed by atoms with Crippen LogP contribution < -0.4 is 10.0 Å². The lowest BCUT2D eigenvalue weighted by Gasteiger charge is -2.25. The van der Waals surface area contributed by atoms with Crippen LogP contribution in [0.3, 0.4) is 0 Å². The van der Waals surface area contributed by atoms with E-state index in [4.69, 9.17) is 0 Å². The largest absolute Gasteiger partial charge is 0.335 e. The monoisotopic (exact) mass is 287 g/mol. The van der Waals surface area contributed by atoms with Crippen LogP contribution in [0.1, 0.15) is 38.5 Å². The summed E-state index contributed by atoms with van der Waals surface area (Å²) in [6.07, 6.45) is 9.66. The number of hydrogen-bond acceptors (Lipinski definition) is 3. The number of carbonyl (C=O) groups excluding carboxylic acids is 1. The lowest BCUT2D eigenvalue weighted by atomic mass is 9.96. The molecular weight excluding hydrogens is 266 g/mol. The normalized spacial score (nSPS) is 22.1. The van der Waals surface area contributed by atoms with Gasteiger partial charge < -0.3 is 5.32 Å². The van der Waals surface area contributed by atoms with Crippen molar-refractivity contribution in [1.82, 2.24) is 14.3 Å². The molecule has 0 radical (unpaired) electrons. The quantitative estimate of drug-likeness (QED) is 0.764. The van der Waals surface area contributed by atoms with Gasteiger partial charge in [0.05, 0.1) is 0 Å². The molecule has 0 saturated heterocycles. The van der Waals surface area contributed by atoms with Gasteiger partial charge in [0, 0.05) is 19.1 Å². The van der Waals surface area contributed by atoms with E-state index in [1.165, 1.54) is 10.7 Å². The molecule has 2 N–H and O–H groups in total. The molecule has 0 aromatic heterocycles. The molecule has 1 aliphatic heterocycles. The lowest BCUT2D eigenvalue weighted by Crippen LogP contribution is -2.50. The first-order valence-corrected chi connectivity index (χ1v) is 8.25. The van der Waals surface area contributed by atoms with Gasteiger partial charge in [-0.1, -0.05) is 31.4 Å². The first kappa shape index (κ1) is 14.3. The molecule has 1 saturated carbocycles. The minimum absolute atomic E-state index is 0.102. The molecule has 2 rings (SSSR count). The molecule has 0 unspecified atom stereocenters. The van der Waals surface area contributed by atoms with Crippen LogP contribution in [0.2, 0.25) is 0 Å². The van der Waals surface area contributed by atoms with E-state index in [1.54, 1.807) is 6.08 Å². The third-order valence-electron chi connectivity index (χ3n) is 3.52. The summed E-state index contributed by atoms with van der Waals surface area (Å²) in [7, 11) is -3.71. The number of nitrogens with one attached hydrogen (secondary N) is 2. The molecule has 108 valence electrons. The number of rotatable bonds is 3. The van der Waals surface area contributed by atoms with E-state index >= 15 is 0 Å². The van der Waals surface area contributed by atoms with Gasteiger partial charge in [0.1, 0.15) is 0 Å². The topological polar surface area (TPSA) is 78.5 Å². The highest BCUT2D eigenvalue weighted by Gasteiger charge is 2.25. The highest BCUT2D eigenvalue weighted by molar-refractivity contribution is 7.87. The van der Waals surface area contributed by atoms with Crippen molar-refractivity contribution in [2.24, 2.45) is 0 Å². The molecule has 2 amide bonds. The number of hydrogen-bond donors (Lipinski definition) is 2. The molecule has 1 aliphatic carbocycles. The van der Waals surface area contributed by atoms with Crippen molar-refractivity contribution in [3.63, 3.8) is 0 Å². The van der Waals surface area contributed by atoms with Gasteiger partial charge in [-0.3, -0.25) is 0 Å². The summed E-state index contributed by atoms with van der Waals surface area (Å²) in [5.74, 6) is 0. The Balaban J connectivity index is 1.84. The average Bonchev–Trinajstić information content (AvgIpc) is 2.40. The van der Waals surface area contributed by atoms with Crippen molar-refractivity contribution in [2.75, 3.05) is 13.1 Å². The van der Waals surface area contributed by atoms with Gasteiger partial charge in [0.15, 0.2) is 0 Å². The van der Waals surface area contributed by atoms with E-state index in [0.29, 0.717) is 19.5 Å². The van der Waals surface area contributed by atoms with E-state index in [2.05, 4.69) is 10.0 Å². The van der Waals surface area contributed by atoms with Crippen LogP contribution in [-0.4, -0.2) is 37.9 Å². The smallest absolute Gasteiger partial charge is 0.329 e. The Morgan fingerprint density at radius 3 is 2.53 bits per heavy atom. The molecule has 0 atom stereocenters. The summed E-state index contributed by atoms with van der Waals surface area (Å²) in [5.41, 5.74) is 0. The zero-order chi connectivity index (χ0) is 13.7. The van der Waals surface area contributed by atoms with Crippen LogP contribution in [0.5, 0.6) is 0 Å². The Bertz CT molecular complexity index is 441. The van der Waals surface area contributed by atoms with E-state index < -0.39 is 16.2 Å². The first-order valence-electron chi connectivity index (χ1n) is 6.81. The molecule has 2 aliphatic rings. The van der Waals surface area contributed by atoms with E-state index in [9.17, 15) is 13.2 Å². The molecule has 0 spiro atoms. The predicted molar refractivity (Wildman–Crippen MR) is 72.8 cm³/mol. The fourth-order valence-electron chi connectivity index (χ4n) is 2.48. The summed E-state index contributed by atoms with van der Waals surface area (Å²) >= 11 is 0. The van der Waals surface area contributed by atoms with Crippen molar-refractivity contribution in [3.05, 3.63) is 12.2 Å². The predicted octanol–water partition coefficient (Wildman–Crippen LogP) is 1.13. The van der Waals surface area contributed by atoms with Gasteiger partial charge in [-0.05, 0) is 19.3 Å². The van der Waals surface area contributed by atoms with Gasteiger partial charge in [0.25, 0.3) is 0 Å². The number of amides is 2. The Morgan fingerprint density at radius 2 is 1.89 bits per heavy atom. The van der Waals surface area contributed by atoms with Crippen LogP contribution in [-0.2, 0) is 10.2 Å². The van der Waals surface area contributed by atoms with Gasteiger partial charge in [-0.25, -0.2) is 9.52 Å². The summed E-state index contributed by atoms with van der Waals surface area (Å²) in [5, 5.41) is 2.74. The number of nitrogens with zero attached hydrogens (tertiary/aromatic N) is 1. The molecule has 7 heteroatoms. The minimum Gasteiger partial charge on any atom is -0.335 e. The number of urea groups is 1. The van der Waals surface area contributed by atoms with Crippen molar-refractivity contribution >= 4 is 16.2 Å². The number of carbonyl (C=O) groups is 1. The van der Waals surface area contributed by atoms with Crippen molar-refractivity contribution < 1.29 is 13.2 Å². The molecule has 0 bridgehead atoms. The van der Waals surface area contributed by atoms with Crippen molar-refractivity contribution in [1.29, 1.82) is 0 Å². The van der Waals surface area contributed by atoms with Gasteiger partial charge in [-0.2, -0.15) is 12.7 Å². The molecular formula is C12H21N3O3S. The van der Waals surface area contributed by atoms with E-state index in [1.807, 2.05) is 6.08 Å². The summed E-state index contributed by atoms with van der Waals surface area (Å²) in [6, 6.07) is -0.508. The maximum Gasteiger partial charge on any atom is 0.329 e. The summed E-state index contributed by atoms with van der Waals surface area (Å²) in [4.78, 5) is 11.7. The second-order valence-electron chi connectivity index (χ2n) is 5.03. The zero-order valence-corrected chi connectivity index (χ0v) is 11.8. The minimum atomic E-state index is -3.71. The molecule has 1 heterocycles. The van der Waals surface area contributed by atoms with Crippen LogP contribution in [0, 0.1) is 0 Å². The van der Waals surface area contributed by atoms with E-state index in [0.717, 1.165) is 25.7 Å². The third kappa shape index (κ3) is 4.21. The Hall–Kier alpha value is -1.08. The third-order valence-corrected chi connectivity index (χ3v) is 4.98. The Kier molecular flexibility index (Phi) is 4.81. The van der Waals surface area contributed by atoms with Crippen LogP contribution in [0.15, 0.2) is 12.2 Å². The van der Waals surface area contributed by atoms with Crippen LogP contribution in [0.4, 0.5) is 4.79 Å². The molecule has 0 aromatic carbocycles. The molecule has 0 aromatic rings. The Morgan fingerprint density at radius 1 is 1.16 bits per heavy atom. The fourth-order valence-corrected chi connectivity index (χ4v) is 3.53. The second-order valence-corrected chi connectivity index (χ2v) is 6.70. The zero-order valence-electron chi connectivity index (χ0n) is 11.0. The fraction of sp³-hybridized carbons (Fsp3) is 0.750. The van der Waals surface area contributed by atoms with Crippen molar-refractivity contribution in [3.8, 4) is 0 Å². The van der Waals surface area contributed by atoms with Gasteiger partial charge >= 0.3 is 16.2 Å². The molecule has 19 heavy (non-hydrogen) atoms. The summed E-state index contributed by atoms with van der Waals surface area (Å²) in [6.45, 7) is 0.745. The standard InChI is InChI=1S/C12H21N3O3S/c16-12(13-11-7-3-1-4-8-11)14-19(17,18)15-9-5-2-6-10-15/h2,5,11H,1,3-4,6-10H2,(H2,13,14,16). The lowest BCUT2D eigenvalue weighted by molar-refractivity contribution is 0.237. The first-order chi connectivity index (χ1) is 9.08. The average molecular weight is 287 g/mol. The molecule has 1 fully saturated rings. The van der Waals surface area contributed by atoms with Crippen molar-refractivity contribution in [2.45, 2.75) is 44.6 Å². The van der Waals surface area contributed by atoms with Gasteiger partial charge in [-0.15, -0.1) is 0 Å². The highest BCUT2D eigenvalue weighted by Crippen LogP contribution is 2.17. The Labute approximate surface area is 114 Å². The SMILES string of the molecule is O=C(NC1CCCCC1)NS(=O)(=O)N1CC=CCC1. The highest BCUT2D eigenvalue weighted by atomic mass is 32.2. The van der Waals surface area contributed by atoms with E-state index in [-0.39, 0.29) is 6.04 Å². The van der Waals surface area contributed by atoms with Crippen LogP contribution in [0.25, 0.3) is 0 Å².